The summed E-state index contributed by atoms with van der Waals surface area (Å²) < 4.78 is 5.48. The van der Waals surface area contributed by atoms with E-state index < -0.39 is 18.1 Å². The highest BCUT2D eigenvalue weighted by Crippen LogP contribution is 2.41. The minimum atomic E-state index is -0.589. The number of urea groups is 1. The highest BCUT2D eigenvalue weighted by molar-refractivity contribution is 6.26. The van der Waals surface area contributed by atoms with Gasteiger partial charge in [0.25, 0.3) is 0 Å². The van der Waals surface area contributed by atoms with Gasteiger partial charge >= 0.3 is 12.0 Å². The largest absolute Gasteiger partial charge is 0.456 e. The maximum atomic E-state index is 12.0. The van der Waals surface area contributed by atoms with Crippen molar-refractivity contribution in [3.8, 4) is 0 Å². The molecule has 1 aliphatic rings. The number of hydrogen-bond donors (Lipinski definition) is 1. The fourth-order valence-corrected chi connectivity index (χ4v) is 2.90. The fourth-order valence-electron chi connectivity index (χ4n) is 2.84. The van der Waals surface area contributed by atoms with Crippen LogP contribution in [-0.4, -0.2) is 17.9 Å². The van der Waals surface area contributed by atoms with Crippen LogP contribution in [0, 0.1) is 0 Å². The highest BCUT2D eigenvalue weighted by Gasteiger charge is 2.30. The number of carbonyl (C=O) groups is 2. The average Bonchev–Trinajstić information content (AvgIpc) is 2.69. The van der Waals surface area contributed by atoms with Crippen LogP contribution in [0.2, 0.25) is 0 Å². The Kier molecular flexibility index (Phi) is 4.21. The molecule has 2 amide bonds. The number of benzene rings is 2. The number of para-hydroxylation sites is 2. The molecule has 5 nitrogen and oxygen atoms in total. The molecule has 1 heterocycles. The van der Waals surface area contributed by atoms with Gasteiger partial charge in [0.05, 0.1) is 11.4 Å². The number of fused-ring (bicyclic) bond motifs is 2. The lowest BCUT2D eigenvalue weighted by Gasteiger charge is -2.23. The number of carbonyl (C=O) groups excluding carboxylic acids is 2. The first-order valence-corrected chi connectivity index (χ1v) is 7.67. The van der Waals surface area contributed by atoms with E-state index in [1.807, 2.05) is 42.5 Å². The SMILES string of the molecule is NC(=O)N1c2ccccc2C[C@@H](OC(=O)CCl)c2ccccc21. The normalized spacial score (nSPS) is 16.0. The standard InChI is InChI=1S/C17H15ClN2O3/c18-10-16(21)23-15-9-11-5-1-3-7-13(11)20(17(19)22)14-8-4-2-6-12(14)15/h1-8,15H,9-10H2,(H2,19,22)/t15-/m1/s1. The summed E-state index contributed by atoms with van der Waals surface area (Å²) in [6.45, 7) is 0. The number of amides is 2. The molecular formula is C17H15ClN2O3. The van der Waals surface area contributed by atoms with Gasteiger partial charge in [0.15, 0.2) is 0 Å². The van der Waals surface area contributed by atoms with E-state index in [1.165, 1.54) is 4.90 Å². The van der Waals surface area contributed by atoms with Gasteiger partial charge in [0.1, 0.15) is 12.0 Å². The number of rotatable bonds is 2. The summed E-state index contributed by atoms with van der Waals surface area (Å²) in [7, 11) is 0. The second-order valence-electron chi connectivity index (χ2n) is 5.18. The summed E-state index contributed by atoms with van der Waals surface area (Å²) in [6.07, 6.45) is -0.0810. The van der Waals surface area contributed by atoms with Crippen molar-refractivity contribution in [3.63, 3.8) is 0 Å². The van der Waals surface area contributed by atoms with E-state index in [2.05, 4.69) is 0 Å². The van der Waals surface area contributed by atoms with E-state index in [4.69, 9.17) is 22.1 Å². The number of nitrogens with two attached hydrogens (primary N) is 1. The van der Waals surface area contributed by atoms with Gasteiger partial charge in [-0.2, -0.15) is 0 Å². The molecule has 2 aromatic rings. The van der Waals surface area contributed by atoms with E-state index in [0.717, 1.165) is 11.1 Å². The minimum absolute atomic E-state index is 0.222. The van der Waals surface area contributed by atoms with Gasteiger partial charge in [-0.15, -0.1) is 11.6 Å². The summed E-state index contributed by atoms with van der Waals surface area (Å²) in [4.78, 5) is 25.2. The first-order valence-electron chi connectivity index (χ1n) is 7.13. The van der Waals surface area contributed by atoms with Gasteiger partial charge in [-0.25, -0.2) is 4.79 Å². The van der Waals surface area contributed by atoms with Crippen LogP contribution in [0.3, 0.4) is 0 Å². The van der Waals surface area contributed by atoms with E-state index in [-0.39, 0.29) is 5.88 Å². The van der Waals surface area contributed by atoms with Crippen LogP contribution in [0.4, 0.5) is 16.2 Å². The topological polar surface area (TPSA) is 72.6 Å². The number of ether oxygens (including phenoxy) is 1. The average molecular weight is 331 g/mol. The van der Waals surface area contributed by atoms with Crippen LogP contribution in [0.1, 0.15) is 17.2 Å². The van der Waals surface area contributed by atoms with Crippen molar-refractivity contribution < 1.29 is 14.3 Å². The lowest BCUT2D eigenvalue weighted by molar-refractivity contribution is -0.146. The number of alkyl halides is 1. The number of nitrogens with zero attached hydrogens (tertiary/aromatic N) is 1. The van der Waals surface area contributed by atoms with Crippen molar-refractivity contribution in [2.24, 2.45) is 5.73 Å². The van der Waals surface area contributed by atoms with Gasteiger partial charge in [-0.05, 0) is 17.7 Å². The maximum Gasteiger partial charge on any atom is 0.323 e. The Morgan fingerprint density at radius 3 is 2.48 bits per heavy atom. The third kappa shape index (κ3) is 2.87. The second kappa shape index (κ2) is 6.30. The molecule has 0 radical (unpaired) electrons. The Labute approximate surface area is 138 Å². The van der Waals surface area contributed by atoms with Crippen LogP contribution < -0.4 is 10.6 Å². The van der Waals surface area contributed by atoms with Gasteiger partial charge in [-0.1, -0.05) is 36.4 Å². The molecule has 1 atom stereocenters. The summed E-state index contributed by atoms with van der Waals surface area (Å²) in [5.41, 5.74) is 8.49. The lowest BCUT2D eigenvalue weighted by Crippen LogP contribution is -2.32. The molecule has 0 saturated carbocycles. The quantitative estimate of drug-likeness (QED) is 0.678. The number of esters is 1. The first-order chi connectivity index (χ1) is 11.1. The minimum Gasteiger partial charge on any atom is -0.456 e. The molecule has 23 heavy (non-hydrogen) atoms. The summed E-state index contributed by atoms with van der Waals surface area (Å²) in [6, 6.07) is 14.1. The van der Waals surface area contributed by atoms with Gasteiger partial charge in [-0.3, -0.25) is 9.69 Å². The Morgan fingerprint density at radius 1 is 1.13 bits per heavy atom. The molecule has 3 rings (SSSR count). The van der Waals surface area contributed by atoms with Crippen LogP contribution in [0.15, 0.2) is 48.5 Å². The molecule has 0 unspecified atom stereocenters. The molecular weight excluding hydrogens is 316 g/mol. The molecule has 0 bridgehead atoms. The van der Waals surface area contributed by atoms with Crippen molar-refractivity contribution in [2.75, 3.05) is 10.8 Å². The lowest BCUT2D eigenvalue weighted by atomic mass is 10.0. The van der Waals surface area contributed by atoms with Gasteiger partial charge in [0.2, 0.25) is 0 Å². The van der Waals surface area contributed by atoms with E-state index in [1.54, 1.807) is 6.07 Å². The molecule has 0 saturated heterocycles. The molecule has 0 aliphatic carbocycles. The zero-order chi connectivity index (χ0) is 16.4. The number of primary amides is 1. The van der Waals surface area contributed by atoms with E-state index in [0.29, 0.717) is 17.8 Å². The van der Waals surface area contributed by atoms with Crippen LogP contribution in [0.5, 0.6) is 0 Å². The zero-order valence-corrected chi connectivity index (χ0v) is 13.0. The Morgan fingerprint density at radius 2 is 1.78 bits per heavy atom. The van der Waals surface area contributed by atoms with Crippen LogP contribution >= 0.6 is 11.6 Å². The first kappa shape index (κ1) is 15.4. The van der Waals surface area contributed by atoms with E-state index in [9.17, 15) is 9.59 Å². The van der Waals surface area contributed by atoms with Crippen molar-refractivity contribution in [2.45, 2.75) is 12.5 Å². The third-order valence-corrected chi connectivity index (χ3v) is 3.98. The fraction of sp³-hybridized carbons (Fsp3) is 0.176. The number of hydrogen-bond acceptors (Lipinski definition) is 3. The third-order valence-electron chi connectivity index (χ3n) is 3.77. The molecule has 0 aromatic heterocycles. The number of anilines is 2. The Hall–Kier alpha value is -2.53. The molecule has 6 heteroatoms. The van der Waals surface area contributed by atoms with Crippen molar-refractivity contribution >= 4 is 35.0 Å². The molecule has 0 spiro atoms. The van der Waals surface area contributed by atoms with Gasteiger partial charge < -0.3 is 10.5 Å². The predicted molar refractivity (Wildman–Crippen MR) is 87.9 cm³/mol. The molecule has 1 aliphatic heterocycles. The molecule has 118 valence electrons. The summed E-state index contributed by atoms with van der Waals surface area (Å²) >= 11 is 5.56. The smallest absolute Gasteiger partial charge is 0.323 e. The molecule has 2 aromatic carbocycles. The monoisotopic (exact) mass is 330 g/mol. The van der Waals surface area contributed by atoms with Crippen molar-refractivity contribution in [1.29, 1.82) is 0 Å². The number of halogens is 1. The van der Waals surface area contributed by atoms with Crippen LogP contribution in [-0.2, 0) is 16.0 Å². The van der Waals surface area contributed by atoms with Crippen LogP contribution in [0.25, 0.3) is 0 Å². The summed E-state index contributed by atoms with van der Waals surface area (Å²) in [5, 5.41) is 0. The maximum absolute atomic E-state index is 12.0. The highest BCUT2D eigenvalue weighted by atomic mass is 35.5. The van der Waals surface area contributed by atoms with Crippen molar-refractivity contribution in [3.05, 3.63) is 59.7 Å². The van der Waals surface area contributed by atoms with E-state index >= 15 is 0 Å². The second-order valence-corrected chi connectivity index (χ2v) is 5.44. The Balaban J connectivity index is 2.18. The summed E-state index contributed by atoms with van der Waals surface area (Å²) in [5.74, 6) is -0.726. The Bertz CT molecular complexity index is 763. The van der Waals surface area contributed by atoms with Crippen molar-refractivity contribution in [1.82, 2.24) is 0 Å². The predicted octanol–water partition coefficient (Wildman–Crippen LogP) is 3.28. The zero-order valence-electron chi connectivity index (χ0n) is 12.2. The molecule has 2 N–H and O–H groups in total. The molecule has 0 fully saturated rings. The van der Waals surface area contributed by atoms with Gasteiger partial charge in [0, 0.05) is 12.0 Å².